The van der Waals surface area contributed by atoms with Gasteiger partial charge in [0.15, 0.2) is 5.11 Å². The first-order chi connectivity index (χ1) is 15.4. The monoisotopic (exact) mass is 451 g/mol. The van der Waals surface area contributed by atoms with Gasteiger partial charge in [0.1, 0.15) is 30.4 Å². The summed E-state index contributed by atoms with van der Waals surface area (Å²) < 4.78 is 11.2. The molecule has 0 saturated heterocycles. The molecule has 0 bridgehead atoms. The van der Waals surface area contributed by atoms with E-state index in [0.717, 1.165) is 11.3 Å². The third kappa shape index (κ3) is 6.51. The molecule has 0 aliphatic rings. The Bertz CT molecular complexity index is 1120. The number of ether oxygens (including phenoxy) is 2. The summed E-state index contributed by atoms with van der Waals surface area (Å²) in [5.41, 5.74) is 1.13. The third-order valence-corrected chi connectivity index (χ3v) is 4.49. The van der Waals surface area contributed by atoms with Crippen molar-refractivity contribution in [1.29, 1.82) is 0 Å². The molecule has 0 unspecified atom stereocenters. The molecule has 3 aromatic carbocycles. The van der Waals surface area contributed by atoms with Crippen molar-refractivity contribution in [2.45, 2.75) is 6.92 Å². The van der Waals surface area contributed by atoms with E-state index in [9.17, 15) is 14.9 Å². The van der Waals surface area contributed by atoms with Crippen LogP contribution in [0.4, 0.5) is 11.4 Å². The lowest BCUT2D eigenvalue weighted by Crippen LogP contribution is -2.34. The smallest absolute Gasteiger partial charge is 0.292 e. The highest BCUT2D eigenvalue weighted by molar-refractivity contribution is 7.80. The summed E-state index contributed by atoms with van der Waals surface area (Å²) in [6.45, 7) is 2.40. The standard InChI is InChI=1S/C23H21N3O5S/c1-16-10-11-20(21(14-16)26(28)29)24-23(32)25-22(27)17-6-5-9-19(15-17)31-13-12-30-18-7-3-2-4-8-18/h2-11,14-15H,12-13H2,1H3,(H2,24,25,27,32). The second kappa shape index (κ2) is 10.9. The Balaban J connectivity index is 1.54. The summed E-state index contributed by atoms with van der Waals surface area (Å²) in [5, 5.41) is 16.4. The van der Waals surface area contributed by atoms with Gasteiger partial charge in [0.05, 0.1) is 4.92 Å². The Hall–Kier alpha value is -3.98. The molecule has 0 fully saturated rings. The van der Waals surface area contributed by atoms with Gasteiger partial charge in [-0.05, 0) is 61.1 Å². The maximum absolute atomic E-state index is 12.5. The minimum absolute atomic E-state index is 0.0514. The largest absolute Gasteiger partial charge is 0.490 e. The summed E-state index contributed by atoms with van der Waals surface area (Å²) in [6.07, 6.45) is 0. The summed E-state index contributed by atoms with van der Waals surface area (Å²) in [5.74, 6) is 0.782. The molecule has 164 valence electrons. The van der Waals surface area contributed by atoms with Crippen LogP contribution in [-0.2, 0) is 0 Å². The lowest BCUT2D eigenvalue weighted by atomic mass is 10.2. The van der Waals surface area contributed by atoms with E-state index >= 15 is 0 Å². The Kier molecular flexibility index (Phi) is 7.71. The van der Waals surface area contributed by atoms with Gasteiger partial charge in [-0.25, -0.2) is 0 Å². The maximum Gasteiger partial charge on any atom is 0.292 e. The molecule has 0 saturated carbocycles. The number of carbonyl (C=O) groups excluding carboxylic acids is 1. The molecule has 0 spiro atoms. The summed E-state index contributed by atoms with van der Waals surface area (Å²) in [6, 6.07) is 20.7. The number of benzene rings is 3. The van der Waals surface area contributed by atoms with E-state index in [1.807, 2.05) is 30.3 Å². The average molecular weight is 452 g/mol. The van der Waals surface area contributed by atoms with Crippen LogP contribution in [0, 0.1) is 17.0 Å². The number of hydrogen-bond donors (Lipinski definition) is 2. The molecule has 8 nitrogen and oxygen atoms in total. The maximum atomic E-state index is 12.5. The van der Waals surface area contributed by atoms with Gasteiger partial charge >= 0.3 is 0 Å². The van der Waals surface area contributed by atoms with Crippen molar-refractivity contribution in [3.8, 4) is 11.5 Å². The fourth-order valence-electron chi connectivity index (χ4n) is 2.79. The highest BCUT2D eigenvalue weighted by Crippen LogP contribution is 2.25. The topological polar surface area (TPSA) is 103 Å². The molecule has 1 amide bonds. The van der Waals surface area contributed by atoms with Gasteiger partial charge in [-0.15, -0.1) is 0 Å². The quantitative estimate of drug-likeness (QED) is 0.225. The zero-order valence-corrected chi connectivity index (χ0v) is 18.1. The van der Waals surface area contributed by atoms with Crippen LogP contribution >= 0.6 is 12.2 Å². The van der Waals surface area contributed by atoms with Crippen LogP contribution in [-0.4, -0.2) is 29.2 Å². The third-order valence-electron chi connectivity index (χ3n) is 4.29. The second-order valence-corrected chi connectivity index (χ2v) is 7.13. The Morgan fingerprint density at radius 1 is 0.969 bits per heavy atom. The van der Waals surface area contributed by atoms with Gasteiger partial charge in [0.2, 0.25) is 0 Å². The van der Waals surface area contributed by atoms with Crippen molar-refractivity contribution in [1.82, 2.24) is 5.32 Å². The Morgan fingerprint density at radius 3 is 2.38 bits per heavy atom. The SMILES string of the molecule is Cc1ccc(NC(=S)NC(=O)c2cccc(OCCOc3ccccc3)c2)c([N+](=O)[O-])c1. The van der Waals surface area contributed by atoms with Crippen LogP contribution in [0.5, 0.6) is 11.5 Å². The number of para-hydroxylation sites is 1. The van der Waals surface area contributed by atoms with Crippen molar-refractivity contribution < 1.29 is 19.2 Å². The number of thiocarbonyl (C=S) groups is 1. The molecule has 0 aliphatic carbocycles. The number of nitro groups is 1. The Labute approximate surface area is 190 Å². The number of amides is 1. The van der Waals surface area contributed by atoms with Gasteiger partial charge in [0.25, 0.3) is 11.6 Å². The fourth-order valence-corrected chi connectivity index (χ4v) is 2.99. The van der Waals surface area contributed by atoms with E-state index in [0.29, 0.717) is 24.5 Å². The van der Waals surface area contributed by atoms with Gasteiger partial charge < -0.3 is 14.8 Å². The molecule has 0 aromatic heterocycles. The van der Waals surface area contributed by atoms with E-state index in [1.165, 1.54) is 12.1 Å². The predicted molar refractivity (Wildman–Crippen MR) is 125 cm³/mol. The molecule has 0 radical (unpaired) electrons. The number of rotatable bonds is 8. The van der Waals surface area contributed by atoms with E-state index in [4.69, 9.17) is 21.7 Å². The van der Waals surface area contributed by atoms with Crippen molar-refractivity contribution in [3.05, 3.63) is 94.0 Å². The summed E-state index contributed by atoms with van der Waals surface area (Å²) >= 11 is 5.14. The molecule has 32 heavy (non-hydrogen) atoms. The lowest BCUT2D eigenvalue weighted by Gasteiger charge is -2.12. The van der Waals surface area contributed by atoms with Crippen LogP contribution in [0.1, 0.15) is 15.9 Å². The van der Waals surface area contributed by atoms with Crippen LogP contribution in [0.2, 0.25) is 0 Å². The predicted octanol–water partition coefficient (Wildman–Crippen LogP) is 4.49. The first kappa shape index (κ1) is 22.7. The normalized spacial score (nSPS) is 10.2. The number of nitrogens with zero attached hydrogens (tertiary/aromatic N) is 1. The zero-order chi connectivity index (χ0) is 22.9. The number of anilines is 1. The van der Waals surface area contributed by atoms with E-state index in [2.05, 4.69) is 10.6 Å². The second-order valence-electron chi connectivity index (χ2n) is 6.72. The molecule has 2 N–H and O–H groups in total. The average Bonchev–Trinajstić information content (AvgIpc) is 2.78. The number of nitro benzene ring substituents is 1. The minimum Gasteiger partial charge on any atom is -0.490 e. The van der Waals surface area contributed by atoms with Crippen molar-refractivity contribution >= 4 is 34.6 Å². The molecule has 0 heterocycles. The summed E-state index contributed by atoms with van der Waals surface area (Å²) in [7, 11) is 0. The van der Waals surface area contributed by atoms with Crippen LogP contribution in [0.3, 0.4) is 0 Å². The summed E-state index contributed by atoms with van der Waals surface area (Å²) in [4.78, 5) is 23.3. The highest BCUT2D eigenvalue weighted by atomic mass is 32.1. The van der Waals surface area contributed by atoms with Gasteiger partial charge in [0, 0.05) is 11.6 Å². The number of hydrogen-bond acceptors (Lipinski definition) is 6. The first-order valence-corrected chi connectivity index (χ1v) is 10.1. The molecule has 9 heteroatoms. The number of carbonyl (C=O) groups is 1. The van der Waals surface area contributed by atoms with Crippen molar-refractivity contribution in [2.24, 2.45) is 0 Å². The molecule has 3 rings (SSSR count). The van der Waals surface area contributed by atoms with Gasteiger partial charge in [-0.3, -0.25) is 20.2 Å². The fraction of sp³-hybridized carbons (Fsp3) is 0.130. The van der Waals surface area contributed by atoms with E-state index < -0.39 is 10.8 Å². The van der Waals surface area contributed by atoms with Gasteiger partial charge in [-0.2, -0.15) is 0 Å². The minimum atomic E-state index is -0.512. The lowest BCUT2D eigenvalue weighted by molar-refractivity contribution is -0.383. The van der Waals surface area contributed by atoms with E-state index in [1.54, 1.807) is 37.3 Å². The highest BCUT2D eigenvalue weighted by Gasteiger charge is 2.16. The van der Waals surface area contributed by atoms with E-state index in [-0.39, 0.29) is 16.5 Å². The van der Waals surface area contributed by atoms with Crippen molar-refractivity contribution in [3.63, 3.8) is 0 Å². The molecule has 0 atom stereocenters. The van der Waals surface area contributed by atoms with Crippen LogP contribution in [0.15, 0.2) is 72.8 Å². The number of nitrogens with one attached hydrogen (secondary N) is 2. The molecule has 3 aromatic rings. The zero-order valence-electron chi connectivity index (χ0n) is 17.2. The molecular weight excluding hydrogens is 430 g/mol. The van der Waals surface area contributed by atoms with Crippen molar-refractivity contribution in [2.75, 3.05) is 18.5 Å². The first-order valence-electron chi connectivity index (χ1n) is 9.70. The van der Waals surface area contributed by atoms with Gasteiger partial charge in [-0.1, -0.05) is 30.3 Å². The Morgan fingerprint density at radius 2 is 1.66 bits per heavy atom. The van der Waals surface area contributed by atoms with Crippen LogP contribution < -0.4 is 20.1 Å². The number of aryl methyl sites for hydroxylation is 1. The van der Waals surface area contributed by atoms with Crippen LogP contribution in [0.25, 0.3) is 0 Å². The molecular formula is C23H21N3O5S. The molecule has 0 aliphatic heterocycles.